The zero-order valence-electron chi connectivity index (χ0n) is 15.7. The second-order valence-electron chi connectivity index (χ2n) is 6.59. The molecule has 144 valence electrons. The van der Waals surface area contributed by atoms with E-state index in [4.69, 9.17) is 11.6 Å². The fourth-order valence-electron chi connectivity index (χ4n) is 2.81. The van der Waals surface area contributed by atoms with Gasteiger partial charge in [0.2, 0.25) is 5.91 Å². The monoisotopic (exact) mass is 398 g/mol. The third-order valence-corrected chi connectivity index (χ3v) is 4.59. The van der Waals surface area contributed by atoms with Crippen LogP contribution in [0.5, 0.6) is 0 Å². The first-order valence-corrected chi connectivity index (χ1v) is 8.91. The lowest BCUT2D eigenvalue weighted by Crippen LogP contribution is -2.28. The smallest absolute Gasteiger partial charge is 0.261 e. The number of aromatic nitrogens is 2. The van der Waals surface area contributed by atoms with Gasteiger partial charge < -0.3 is 10.2 Å². The van der Waals surface area contributed by atoms with Gasteiger partial charge in [0.25, 0.3) is 11.5 Å². The molecule has 0 spiro atoms. The number of amides is 2. The number of carbonyl (C=O) groups is 2. The minimum absolute atomic E-state index is 0.211. The van der Waals surface area contributed by atoms with Crippen molar-refractivity contribution in [2.75, 3.05) is 19.4 Å². The Kier molecular flexibility index (Phi) is 5.46. The molecular formula is C20H19ClN4O3. The molecule has 0 fully saturated rings. The molecule has 28 heavy (non-hydrogen) atoms. The number of rotatable bonds is 4. The van der Waals surface area contributed by atoms with E-state index in [1.54, 1.807) is 38.4 Å². The molecule has 0 saturated carbocycles. The normalized spacial score (nSPS) is 10.7. The second-order valence-corrected chi connectivity index (χ2v) is 7.00. The van der Waals surface area contributed by atoms with Crippen molar-refractivity contribution in [3.63, 3.8) is 0 Å². The predicted octanol–water partition coefficient (Wildman–Crippen LogP) is 2.70. The number of anilines is 1. The number of nitrogens with zero attached hydrogens (tertiary/aromatic N) is 3. The molecular weight excluding hydrogens is 380 g/mol. The summed E-state index contributed by atoms with van der Waals surface area (Å²) in [6.45, 7) is 1.65. The molecule has 1 aromatic heterocycles. The molecule has 0 radical (unpaired) electrons. The molecule has 0 saturated heterocycles. The Morgan fingerprint density at radius 3 is 2.68 bits per heavy atom. The summed E-state index contributed by atoms with van der Waals surface area (Å²) < 4.78 is 1.24. The topological polar surface area (TPSA) is 84.3 Å². The average molecular weight is 399 g/mol. The van der Waals surface area contributed by atoms with Gasteiger partial charge in [0.05, 0.1) is 27.9 Å². The maximum atomic E-state index is 12.6. The Bertz CT molecular complexity index is 1140. The number of fused-ring (bicyclic) bond motifs is 1. The first-order valence-electron chi connectivity index (χ1n) is 8.53. The number of benzene rings is 2. The summed E-state index contributed by atoms with van der Waals surface area (Å²) in [4.78, 5) is 42.9. The van der Waals surface area contributed by atoms with Crippen LogP contribution in [0, 0.1) is 6.92 Å². The fraction of sp³-hybridized carbons (Fsp3) is 0.200. The first-order chi connectivity index (χ1) is 13.3. The maximum absolute atomic E-state index is 12.6. The van der Waals surface area contributed by atoms with Gasteiger partial charge in [-0.1, -0.05) is 23.7 Å². The molecule has 1 N–H and O–H groups in total. The molecule has 1 heterocycles. The third kappa shape index (κ3) is 3.89. The molecule has 8 heteroatoms. The summed E-state index contributed by atoms with van der Waals surface area (Å²) in [6, 6.07) is 9.96. The van der Waals surface area contributed by atoms with Crippen molar-refractivity contribution in [3.05, 3.63) is 69.2 Å². The van der Waals surface area contributed by atoms with Gasteiger partial charge >= 0.3 is 0 Å². The first kappa shape index (κ1) is 19.6. The molecule has 0 aliphatic rings. The molecule has 3 aromatic rings. The summed E-state index contributed by atoms with van der Waals surface area (Å²) in [5, 5.41) is 3.40. The van der Waals surface area contributed by atoms with E-state index in [0.29, 0.717) is 27.2 Å². The summed E-state index contributed by atoms with van der Waals surface area (Å²) in [5.74, 6) is -0.662. The van der Waals surface area contributed by atoms with Crippen LogP contribution in [0.3, 0.4) is 0 Å². The Balaban J connectivity index is 1.84. The van der Waals surface area contributed by atoms with Gasteiger partial charge in [-0.2, -0.15) is 0 Å². The lowest BCUT2D eigenvalue weighted by atomic mass is 10.1. The van der Waals surface area contributed by atoms with Crippen LogP contribution < -0.4 is 10.9 Å². The summed E-state index contributed by atoms with van der Waals surface area (Å²) >= 11 is 6.13. The van der Waals surface area contributed by atoms with E-state index in [2.05, 4.69) is 10.3 Å². The third-order valence-electron chi connectivity index (χ3n) is 4.26. The van der Waals surface area contributed by atoms with Crippen molar-refractivity contribution in [2.24, 2.45) is 0 Å². The van der Waals surface area contributed by atoms with Crippen LogP contribution in [-0.4, -0.2) is 40.4 Å². The average Bonchev–Trinajstić information content (AvgIpc) is 2.65. The Morgan fingerprint density at radius 1 is 1.21 bits per heavy atom. The van der Waals surface area contributed by atoms with E-state index in [0.717, 1.165) is 5.56 Å². The Labute approximate surface area is 166 Å². The van der Waals surface area contributed by atoms with E-state index in [1.807, 2.05) is 13.0 Å². The second kappa shape index (κ2) is 7.82. The molecule has 0 aliphatic heterocycles. The molecule has 0 bridgehead atoms. The van der Waals surface area contributed by atoms with Crippen molar-refractivity contribution >= 4 is 40.0 Å². The highest BCUT2D eigenvalue weighted by molar-refractivity contribution is 6.33. The fourth-order valence-corrected chi connectivity index (χ4v) is 2.97. The summed E-state index contributed by atoms with van der Waals surface area (Å²) in [5.41, 5.74) is 1.90. The van der Waals surface area contributed by atoms with Crippen molar-refractivity contribution in [3.8, 4) is 0 Å². The summed E-state index contributed by atoms with van der Waals surface area (Å²) in [7, 11) is 3.27. The minimum Gasteiger partial charge on any atom is -0.345 e. The molecule has 0 aliphatic carbocycles. The predicted molar refractivity (Wildman–Crippen MR) is 109 cm³/mol. The van der Waals surface area contributed by atoms with Crippen LogP contribution >= 0.6 is 11.6 Å². The van der Waals surface area contributed by atoms with Crippen LogP contribution in [0.2, 0.25) is 5.02 Å². The van der Waals surface area contributed by atoms with E-state index >= 15 is 0 Å². The maximum Gasteiger partial charge on any atom is 0.261 e. The van der Waals surface area contributed by atoms with Gasteiger partial charge in [-0.15, -0.1) is 0 Å². The van der Waals surface area contributed by atoms with Gasteiger partial charge in [-0.05, 0) is 36.8 Å². The van der Waals surface area contributed by atoms with Crippen molar-refractivity contribution in [2.45, 2.75) is 13.5 Å². The molecule has 7 nitrogen and oxygen atoms in total. The number of halogens is 1. The van der Waals surface area contributed by atoms with E-state index in [9.17, 15) is 14.4 Å². The lowest BCUT2D eigenvalue weighted by Gasteiger charge is -2.13. The van der Waals surface area contributed by atoms with Crippen molar-refractivity contribution < 1.29 is 9.59 Å². The van der Waals surface area contributed by atoms with Gasteiger partial charge in [0.1, 0.15) is 6.54 Å². The molecule has 0 unspecified atom stereocenters. The van der Waals surface area contributed by atoms with E-state index < -0.39 is 5.91 Å². The number of hydrogen-bond acceptors (Lipinski definition) is 4. The van der Waals surface area contributed by atoms with Gasteiger partial charge in [-0.25, -0.2) is 4.98 Å². The highest BCUT2D eigenvalue weighted by atomic mass is 35.5. The Hall–Kier alpha value is -3.19. The van der Waals surface area contributed by atoms with Gasteiger partial charge in [0.15, 0.2) is 0 Å². The molecule has 3 rings (SSSR count). The lowest BCUT2D eigenvalue weighted by molar-refractivity contribution is -0.116. The molecule has 2 amide bonds. The number of nitrogens with one attached hydrogen (secondary N) is 1. The minimum atomic E-state index is -0.452. The van der Waals surface area contributed by atoms with E-state index in [1.165, 1.54) is 21.9 Å². The van der Waals surface area contributed by atoms with Crippen LogP contribution in [0.25, 0.3) is 10.9 Å². The van der Waals surface area contributed by atoms with Gasteiger partial charge in [0, 0.05) is 19.7 Å². The number of hydrogen-bond donors (Lipinski definition) is 1. The number of aryl methyl sites for hydroxylation is 1. The molecule has 0 atom stereocenters. The van der Waals surface area contributed by atoms with E-state index in [-0.39, 0.29) is 18.0 Å². The van der Waals surface area contributed by atoms with Crippen LogP contribution in [0.15, 0.2) is 47.5 Å². The summed E-state index contributed by atoms with van der Waals surface area (Å²) in [6.07, 6.45) is 1.35. The van der Waals surface area contributed by atoms with Crippen molar-refractivity contribution in [1.29, 1.82) is 0 Å². The standard InChI is InChI=1S/C20H19ClN4O3/c1-12-5-4-6-14-18(12)22-11-25(20(14)28)10-17(26)23-16-9-13(7-8-15(16)21)19(27)24(2)3/h4-9,11H,10H2,1-3H3,(H,23,26). The van der Waals surface area contributed by atoms with Crippen molar-refractivity contribution in [1.82, 2.24) is 14.5 Å². The number of para-hydroxylation sites is 1. The highest BCUT2D eigenvalue weighted by Gasteiger charge is 2.14. The van der Waals surface area contributed by atoms with Gasteiger partial charge in [-0.3, -0.25) is 19.0 Å². The largest absolute Gasteiger partial charge is 0.345 e. The quantitative estimate of drug-likeness (QED) is 0.732. The molecule has 2 aromatic carbocycles. The zero-order chi connectivity index (χ0) is 20.4. The highest BCUT2D eigenvalue weighted by Crippen LogP contribution is 2.23. The SMILES string of the molecule is Cc1cccc2c(=O)n(CC(=O)Nc3cc(C(=O)N(C)C)ccc3Cl)cnc12. The Morgan fingerprint density at radius 2 is 1.96 bits per heavy atom. The van der Waals surface area contributed by atoms with Crippen LogP contribution in [0.4, 0.5) is 5.69 Å². The number of carbonyl (C=O) groups excluding carboxylic acids is 2. The zero-order valence-corrected chi connectivity index (χ0v) is 16.4. The van der Waals surface area contributed by atoms with Crippen LogP contribution in [-0.2, 0) is 11.3 Å². The van der Waals surface area contributed by atoms with Crippen LogP contribution in [0.1, 0.15) is 15.9 Å².